The van der Waals surface area contributed by atoms with Crippen molar-refractivity contribution in [2.75, 3.05) is 0 Å². The largest absolute Gasteiger partial charge is 0.368 e. The van der Waals surface area contributed by atoms with Crippen LogP contribution in [0.3, 0.4) is 0 Å². The van der Waals surface area contributed by atoms with E-state index in [-0.39, 0.29) is 11.8 Å². The number of amides is 2. The minimum absolute atomic E-state index is 0.0585. The first-order chi connectivity index (χ1) is 7.83. The second-order valence-electron chi connectivity index (χ2n) is 5.00. The molecule has 0 aromatic rings. The lowest BCUT2D eigenvalue weighted by atomic mass is 9.94. The summed E-state index contributed by atoms with van der Waals surface area (Å²) in [5, 5.41) is 0.525. The van der Waals surface area contributed by atoms with Crippen molar-refractivity contribution in [2.45, 2.75) is 50.3 Å². The van der Waals surface area contributed by atoms with E-state index in [0.717, 1.165) is 17.9 Å². The van der Waals surface area contributed by atoms with Gasteiger partial charge < -0.3 is 5.73 Å². The van der Waals surface area contributed by atoms with E-state index in [1.165, 1.54) is 0 Å². The predicted molar refractivity (Wildman–Crippen MR) is 69.0 cm³/mol. The predicted octanol–water partition coefficient (Wildman–Crippen LogP) is 0.441. The van der Waals surface area contributed by atoms with Crippen LogP contribution in [-0.2, 0) is 9.59 Å². The van der Waals surface area contributed by atoms with E-state index < -0.39 is 16.7 Å². The number of nitrogens with zero attached hydrogens (tertiary/aromatic N) is 1. The number of hydrazine groups is 1. The highest BCUT2D eigenvalue weighted by Gasteiger charge is 2.47. The van der Waals surface area contributed by atoms with Gasteiger partial charge >= 0.3 is 0 Å². The smallest absolute Gasteiger partial charge is 0.250 e. The third-order valence-corrected chi connectivity index (χ3v) is 4.29. The maximum atomic E-state index is 12.1. The Morgan fingerprint density at radius 2 is 1.76 bits per heavy atom. The maximum Gasteiger partial charge on any atom is 0.250 e. The Bertz CT molecular complexity index is 314. The van der Waals surface area contributed by atoms with Gasteiger partial charge in [-0.3, -0.25) is 14.6 Å². The normalized spacial score (nSPS) is 20.3. The third-order valence-electron chi connectivity index (χ3n) is 3.47. The summed E-state index contributed by atoms with van der Waals surface area (Å²) in [6.45, 7) is 3.77. The van der Waals surface area contributed by atoms with Crippen molar-refractivity contribution < 1.29 is 9.59 Å². The molecular formula is C11H21N3O2S. The van der Waals surface area contributed by atoms with E-state index in [9.17, 15) is 9.59 Å². The molecule has 6 heteroatoms. The van der Waals surface area contributed by atoms with Gasteiger partial charge in [0.25, 0.3) is 5.91 Å². The molecule has 1 saturated carbocycles. The van der Waals surface area contributed by atoms with Gasteiger partial charge in [0.15, 0.2) is 0 Å². The van der Waals surface area contributed by atoms with Gasteiger partial charge in [0.1, 0.15) is 5.54 Å². The van der Waals surface area contributed by atoms with Crippen LogP contribution in [0.25, 0.3) is 0 Å². The van der Waals surface area contributed by atoms with E-state index in [2.05, 4.69) is 12.6 Å². The van der Waals surface area contributed by atoms with Gasteiger partial charge in [-0.25, -0.2) is 5.84 Å². The zero-order chi connectivity index (χ0) is 13.2. The lowest BCUT2D eigenvalue weighted by molar-refractivity contribution is -0.146. The van der Waals surface area contributed by atoms with Gasteiger partial charge in [0.2, 0.25) is 5.91 Å². The highest BCUT2D eigenvalue weighted by molar-refractivity contribution is 7.81. The summed E-state index contributed by atoms with van der Waals surface area (Å²) in [5.41, 5.74) is 4.40. The Morgan fingerprint density at radius 1 is 1.29 bits per heavy atom. The van der Waals surface area contributed by atoms with E-state index in [4.69, 9.17) is 11.6 Å². The number of thiol groups is 1. The fourth-order valence-corrected chi connectivity index (χ4v) is 2.33. The minimum Gasteiger partial charge on any atom is -0.368 e. The van der Waals surface area contributed by atoms with Gasteiger partial charge in [0, 0.05) is 0 Å². The Hall–Kier alpha value is -0.750. The number of primary amides is 1. The number of carbonyl (C=O) groups is 2. The minimum atomic E-state index is -1.01. The quantitative estimate of drug-likeness (QED) is 0.296. The molecule has 0 radical (unpaired) electrons. The average Bonchev–Trinajstić information content (AvgIpc) is 2.76. The molecule has 1 atom stereocenters. The van der Waals surface area contributed by atoms with Crippen LogP contribution in [0.2, 0.25) is 0 Å². The molecule has 1 aliphatic rings. The van der Waals surface area contributed by atoms with Gasteiger partial charge in [-0.05, 0) is 18.8 Å². The van der Waals surface area contributed by atoms with E-state index in [1.54, 1.807) is 0 Å². The molecule has 0 bridgehead atoms. The summed E-state index contributed by atoms with van der Waals surface area (Å²) >= 11 is 4.23. The second kappa shape index (κ2) is 5.27. The fraction of sp³-hybridized carbons (Fsp3) is 0.818. The Morgan fingerprint density at radius 3 is 2.12 bits per heavy atom. The Balaban J connectivity index is 2.90. The van der Waals surface area contributed by atoms with E-state index >= 15 is 0 Å². The number of rotatable bonds is 4. The molecule has 17 heavy (non-hydrogen) atoms. The molecule has 1 unspecified atom stereocenters. The summed E-state index contributed by atoms with van der Waals surface area (Å²) < 4.78 is 0. The fourth-order valence-electron chi connectivity index (χ4n) is 2.20. The van der Waals surface area contributed by atoms with Crippen molar-refractivity contribution in [3.8, 4) is 0 Å². The molecule has 1 aliphatic carbocycles. The van der Waals surface area contributed by atoms with Crippen LogP contribution in [0.5, 0.6) is 0 Å². The van der Waals surface area contributed by atoms with Crippen molar-refractivity contribution in [1.82, 2.24) is 5.01 Å². The molecule has 5 nitrogen and oxygen atoms in total. The lowest BCUT2D eigenvalue weighted by Gasteiger charge is -2.36. The zero-order valence-electron chi connectivity index (χ0n) is 10.3. The SMILES string of the molecule is CC(C)C(S)C(=O)N(N)C1(C(N)=O)CCCC1. The van der Waals surface area contributed by atoms with Crippen LogP contribution in [0.4, 0.5) is 0 Å². The van der Waals surface area contributed by atoms with Crippen molar-refractivity contribution in [2.24, 2.45) is 17.5 Å². The average molecular weight is 259 g/mol. The van der Waals surface area contributed by atoms with Crippen LogP contribution < -0.4 is 11.6 Å². The molecule has 0 aromatic heterocycles. The van der Waals surface area contributed by atoms with Gasteiger partial charge in [-0.1, -0.05) is 26.7 Å². The summed E-state index contributed by atoms with van der Waals surface area (Å²) in [4.78, 5) is 23.7. The molecule has 0 aromatic carbocycles. The Labute approximate surface area is 107 Å². The highest BCUT2D eigenvalue weighted by atomic mass is 32.1. The summed E-state index contributed by atoms with van der Waals surface area (Å²) in [6.07, 6.45) is 2.82. The molecule has 1 rings (SSSR count). The molecular weight excluding hydrogens is 238 g/mol. The topological polar surface area (TPSA) is 89.4 Å². The molecule has 0 saturated heterocycles. The van der Waals surface area contributed by atoms with Crippen molar-refractivity contribution >= 4 is 24.4 Å². The van der Waals surface area contributed by atoms with E-state index in [1.807, 2.05) is 13.8 Å². The monoisotopic (exact) mass is 259 g/mol. The van der Waals surface area contributed by atoms with Crippen LogP contribution >= 0.6 is 12.6 Å². The van der Waals surface area contributed by atoms with Gasteiger partial charge in [0.05, 0.1) is 5.25 Å². The molecule has 0 aliphatic heterocycles. The lowest BCUT2D eigenvalue weighted by Crippen LogP contribution is -2.63. The van der Waals surface area contributed by atoms with Crippen molar-refractivity contribution in [3.63, 3.8) is 0 Å². The summed E-state index contributed by atoms with van der Waals surface area (Å²) in [5.74, 6) is 5.04. The second-order valence-corrected chi connectivity index (χ2v) is 5.56. The number of nitrogens with two attached hydrogens (primary N) is 2. The first kappa shape index (κ1) is 14.3. The summed E-state index contributed by atoms with van der Waals surface area (Å²) in [7, 11) is 0. The molecule has 2 amide bonds. The van der Waals surface area contributed by atoms with Crippen LogP contribution in [0, 0.1) is 5.92 Å². The summed E-state index contributed by atoms with van der Waals surface area (Å²) in [6, 6.07) is 0. The number of hydrogen-bond donors (Lipinski definition) is 3. The van der Waals surface area contributed by atoms with Gasteiger partial charge in [-0.15, -0.1) is 0 Å². The standard InChI is InChI=1S/C11H21N3O2S/c1-7(2)8(17)9(15)14(13)11(10(12)16)5-3-4-6-11/h7-8,17H,3-6,13H2,1-2H3,(H2,12,16). The van der Waals surface area contributed by atoms with Crippen LogP contribution in [0.1, 0.15) is 39.5 Å². The molecule has 0 spiro atoms. The molecule has 98 valence electrons. The van der Waals surface area contributed by atoms with Crippen molar-refractivity contribution in [3.05, 3.63) is 0 Å². The van der Waals surface area contributed by atoms with E-state index in [0.29, 0.717) is 12.8 Å². The molecule has 0 heterocycles. The Kier molecular flexibility index (Phi) is 4.43. The maximum absolute atomic E-state index is 12.1. The third kappa shape index (κ3) is 2.57. The van der Waals surface area contributed by atoms with Gasteiger partial charge in [-0.2, -0.15) is 12.6 Å². The van der Waals surface area contributed by atoms with Crippen LogP contribution in [0.15, 0.2) is 0 Å². The van der Waals surface area contributed by atoms with Crippen molar-refractivity contribution in [1.29, 1.82) is 0 Å². The highest BCUT2D eigenvalue weighted by Crippen LogP contribution is 2.34. The molecule has 4 N–H and O–H groups in total. The number of hydrogen-bond acceptors (Lipinski definition) is 4. The first-order valence-electron chi connectivity index (χ1n) is 5.89. The number of carbonyl (C=O) groups excluding carboxylic acids is 2. The van der Waals surface area contributed by atoms with Crippen LogP contribution in [-0.4, -0.2) is 27.6 Å². The first-order valence-corrected chi connectivity index (χ1v) is 6.41. The zero-order valence-corrected chi connectivity index (χ0v) is 11.2. The molecule has 1 fully saturated rings.